The van der Waals surface area contributed by atoms with E-state index in [0.29, 0.717) is 0 Å². The van der Waals surface area contributed by atoms with Crippen molar-refractivity contribution in [3.05, 3.63) is 34.4 Å². The van der Waals surface area contributed by atoms with E-state index < -0.39 is 0 Å². The molecule has 1 radical (unpaired) electrons. The van der Waals surface area contributed by atoms with Gasteiger partial charge in [-0.3, -0.25) is 0 Å². The molecule has 0 aliphatic heterocycles. The van der Waals surface area contributed by atoms with Gasteiger partial charge in [-0.25, -0.2) is 0 Å². The Labute approximate surface area is 93.1 Å². The molecule has 0 nitrogen and oxygen atoms in total. The first-order valence-corrected chi connectivity index (χ1v) is 3.22. The number of allylic oxidation sites excluding steroid dienone is 3. The molecule has 1 rings (SSSR count). The van der Waals surface area contributed by atoms with E-state index >= 15 is 0 Å². The predicted octanol–water partition coefficient (Wildman–Crippen LogP) is -0.414. The van der Waals surface area contributed by atoms with Gasteiger partial charge >= 0.3 is 0 Å². The van der Waals surface area contributed by atoms with Crippen LogP contribution >= 0.6 is 15.9 Å². The van der Waals surface area contributed by atoms with Gasteiger partial charge in [-0.1, -0.05) is 15.9 Å². The predicted molar refractivity (Wildman–Crippen MR) is 38.6 cm³/mol. The maximum atomic E-state index is 3.38. The molecule has 0 saturated carbocycles. The summed E-state index contributed by atoms with van der Waals surface area (Å²) in [5, 5.41) is 0. The van der Waals surface area contributed by atoms with Crippen LogP contribution in [0.4, 0.5) is 0 Å². The fraction of sp³-hybridized carbons (Fsp3) is 0.143. The van der Waals surface area contributed by atoms with Gasteiger partial charge in [0.2, 0.25) is 0 Å². The molecule has 0 unspecified atom stereocenters. The van der Waals surface area contributed by atoms with Crippen LogP contribution in [0.3, 0.4) is 0 Å². The molecule has 0 aromatic carbocycles. The zero-order valence-corrected chi connectivity index (χ0v) is 11.8. The Morgan fingerprint density at radius 3 is 2.40 bits per heavy atom. The zero-order valence-electron chi connectivity index (χ0n) is 5.70. The van der Waals surface area contributed by atoms with Crippen LogP contribution in [-0.4, -0.2) is 0 Å². The summed E-state index contributed by atoms with van der Waals surface area (Å²) in [6.45, 7) is 2.04. The van der Waals surface area contributed by atoms with Gasteiger partial charge in [0.15, 0.2) is 0 Å². The summed E-state index contributed by atoms with van der Waals surface area (Å²) in [6.07, 6.45) is 5.82. The third-order valence-electron chi connectivity index (χ3n) is 1.00. The topological polar surface area (TPSA) is 0 Å². The summed E-state index contributed by atoms with van der Waals surface area (Å²) in [6, 6.07) is 0. The molecule has 10 heavy (non-hydrogen) atoms. The average Bonchev–Trinajstić information content (AvgIpc) is 1.77. The van der Waals surface area contributed by atoms with Gasteiger partial charge < -0.3 is 17.0 Å². The standard InChI is InChI=1S/C7H6Br.BrH.Zn/c1-6-4-2-3-5-7(6)8;;/h3-5H,1H3;1H;/p-1. The maximum Gasteiger partial charge on any atom is 0.0385 e. The Balaban J connectivity index is 0. The SMILES string of the molecule is C[C]1C=C=CC=C1Br.[Br-].[Zn]. The van der Waals surface area contributed by atoms with Crippen LogP contribution in [0, 0.1) is 5.92 Å². The third kappa shape index (κ3) is 3.88. The minimum absolute atomic E-state index is 0. The van der Waals surface area contributed by atoms with Crippen molar-refractivity contribution >= 4 is 15.9 Å². The molecule has 0 bridgehead atoms. The van der Waals surface area contributed by atoms with E-state index in [-0.39, 0.29) is 36.5 Å². The first-order valence-electron chi connectivity index (χ1n) is 2.43. The molecule has 0 aromatic heterocycles. The molecule has 1 aliphatic carbocycles. The maximum absolute atomic E-state index is 3.38. The second kappa shape index (κ2) is 6.55. The molecule has 0 heterocycles. The quantitative estimate of drug-likeness (QED) is 0.421. The zero-order chi connectivity index (χ0) is 5.98. The summed E-state index contributed by atoms with van der Waals surface area (Å²) in [5.41, 5.74) is 2.97. The smallest absolute Gasteiger partial charge is 0.0385 e. The Kier molecular flexibility index (Phi) is 8.80. The van der Waals surface area contributed by atoms with Crippen molar-refractivity contribution in [3.8, 4) is 0 Å². The number of rotatable bonds is 0. The molecule has 0 atom stereocenters. The van der Waals surface area contributed by atoms with Crippen molar-refractivity contribution in [2.45, 2.75) is 6.92 Å². The van der Waals surface area contributed by atoms with E-state index in [9.17, 15) is 0 Å². The van der Waals surface area contributed by atoms with Crippen LogP contribution in [0.1, 0.15) is 6.92 Å². The molecule has 0 fully saturated rings. The van der Waals surface area contributed by atoms with Gasteiger partial charge in [-0.15, -0.1) is 5.73 Å². The van der Waals surface area contributed by atoms with Gasteiger partial charge in [-0.05, 0) is 25.2 Å². The van der Waals surface area contributed by atoms with Gasteiger partial charge in [0.25, 0.3) is 0 Å². The van der Waals surface area contributed by atoms with Crippen molar-refractivity contribution in [3.63, 3.8) is 0 Å². The molecule has 1 aliphatic rings. The molecular weight excluding hydrogens is 309 g/mol. The largest absolute Gasteiger partial charge is 1.00 e. The van der Waals surface area contributed by atoms with Crippen LogP contribution in [0.2, 0.25) is 0 Å². The fourth-order valence-corrected chi connectivity index (χ4v) is 0.741. The summed E-state index contributed by atoms with van der Waals surface area (Å²) < 4.78 is 1.15. The van der Waals surface area contributed by atoms with E-state index in [1.807, 2.05) is 25.2 Å². The second-order valence-electron chi connectivity index (χ2n) is 1.68. The van der Waals surface area contributed by atoms with Crippen molar-refractivity contribution in [1.82, 2.24) is 0 Å². The minimum Gasteiger partial charge on any atom is -1.00 e. The monoisotopic (exact) mass is 312 g/mol. The van der Waals surface area contributed by atoms with E-state index in [0.717, 1.165) is 4.48 Å². The number of halogens is 2. The fourth-order valence-electron chi connectivity index (χ4n) is 0.495. The second-order valence-corrected chi connectivity index (χ2v) is 2.53. The molecular formula is C7H6Br2Zn-. The number of hydrogen-bond donors (Lipinski definition) is 0. The molecule has 0 amide bonds. The molecule has 0 saturated heterocycles. The molecule has 0 spiro atoms. The van der Waals surface area contributed by atoms with Crippen LogP contribution in [-0.2, 0) is 19.5 Å². The first-order chi connectivity index (χ1) is 3.80. The summed E-state index contributed by atoms with van der Waals surface area (Å²) in [5.74, 6) is 1.23. The van der Waals surface area contributed by atoms with Crippen molar-refractivity contribution in [2.24, 2.45) is 0 Å². The van der Waals surface area contributed by atoms with Crippen molar-refractivity contribution < 1.29 is 36.5 Å². The molecule has 0 N–H and O–H groups in total. The van der Waals surface area contributed by atoms with Gasteiger partial charge in [0.1, 0.15) is 0 Å². The van der Waals surface area contributed by atoms with Gasteiger partial charge in [0.05, 0.1) is 0 Å². The van der Waals surface area contributed by atoms with Crippen LogP contribution in [0.25, 0.3) is 0 Å². The average molecular weight is 315 g/mol. The molecule has 3 heteroatoms. The Morgan fingerprint density at radius 1 is 1.50 bits per heavy atom. The Bertz CT molecular complexity index is 178. The molecule has 51 valence electrons. The van der Waals surface area contributed by atoms with Crippen molar-refractivity contribution in [2.75, 3.05) is 0 Å². The van der Waals surface area contributed by atoms with Gasteiger partial charge in [-0.2, -0.15) is 0 Å². The van der Waals surface area contributed by atoms with Crippen LogP contribution < -0.4 is 17.0 Å². The number of hydrogen-bond acceptors (Lipinski definition) is 0. The van der Waals surface area contributed by atoms with Crippen LogP contribution in [0.15, 0.2) is 28.4 Å². The van der Waals surface area contributed by atoms with Crippen molar-refractivity contribution in [1.29, 1.82) is 0 Å². The van der Waals surface area contributed by atoms with E-state index in [1.165, 1.54) is 5.92 Å². The van der Waals surface area contributed by atoms with E-state index in [4.69, 9.17) is 0 Å². The van der Waals surface area contributed by atoms with Gasteiger partial charge in [0, 0.05) is 29.9 Å². The van der Waals surface area contributed by atoms with E-state index in [2.05, 4.69) is 21.7 Å². The Morgan fingerprint density at radius 2 is 2.10 bits per heavy atom. The first kappa shape index (κ1) is 13.4. The normalized spacial score (nSPS) is 15.2. The molecule has 0 aromatic rings. The summed E-state index contributed by atoms with van der Waals surface area (Å²) in [4.78, 5) is 0. The summed E-state index contributed by atoms with van der Waals surface area (Å²) >= 11 is 3.38. The van der Waals surface area contributed by atoms with E-state index in [1.54, 1.807) is 0 Å². The van der Waals surface area contributed by atoms with Crippen LogP contribution in [0.5, 0.6) is 0 Å². The Hall–Kier alpha value is 0.843. The third-order valence-corrected chi connectivity index (χ3v) is 1.89. The summed E-state index contributed by atoms with van der Waals surface area (Å²) in [7, 11) is 0. The minimum atomic E-state index is 0.